The van der Waals surface area contributed by atoms with Crippen LogP contribution in [-0.4, -0.2) is 18.4 Å². The molecule has 116 valence electrons. The van der Waals surface area contributed by atoms with Gasteiger partial charge in [-0.2, -0.15) is 5.26 Å². The Morgan fingerprint density at radius 2 is 1.78 bits per heavy atom. The van der Waals surface area contributed by atoms with Crippen LogP contribution in [0.4, 0.5) is 5.69 Å². The summed E-state index contributed by atoms with van der Waals surface area (Å²) in [7, 11) is 0. The van der Waals surface area contributed by atoms with Crippen LogP contribution < -0.4 is 10.6 Å². The highest BCUT2D eigenvalue weighted by atomic mass is 16.2. The van der Waals surface area contributed by atoms with Crippen LogP contribution in [0.1, 0.15) is 21.5 Å². The number of amides is 2. The first-order valence-corrected chi connectivity index (χ1v) is 7.19. The lowest BCUT2D eigenvalue weighted by molar-refractivity contribution is -0.115. The molecule has 2 amide bonds. The zero-order chi connectivity index (χ0) is 16.7. The molecule has 23 heavy (non-hydrogen) atoms. The predicted molar refractivity (Wildman–Crippen MR) is 87.9 cm³/mol. The number of rotatable bonds is 5. The van der Waals surface area contributed by atoms with Crippen molar-refractivity contribution in [3.8, 4) is 6.07 Å². The van der Waals surface area contributed by atoms with Gasteiger partial charge in [0.2, 0.25) is 5.91 Å². The number of hydrogen-bond donors (Lipinski definition) is 2. The van der Waals surface area contributed by atoms with E-state index >= 15 is 0 Å². The third-order valence-corrected chi connectivity index (χ3v) is 3.32. The first-order valence-electron chi connectivity index (χ1n) is 7.19. The Labute approximate surface area is 134 Å². The van der Waals surface area contributed by atoms with E-state index in [9.17, 15) is 9.59 Å². The van der Waals surface area contributed by atoms with E-state index in [1.165, 1.54) is 0 Å². The second kappa shape index (κ2) is 7.76. The van der Waals surface area contributed by atoms with Gasteiger partial charge in [0, 0.05) is 11.3 Å². The molecule has 2 aromatic carbocycles. The monoisotopic (exact) mass is 307 g/mol. The molecule has 2 aromatic rings. The summed E-state index contributed by atoms with van der Waals surface area (Å²) in [6.45, 7) is 1.74. The first kappa shape index (κ1) is 16.2. The average Bonchev–Trinajstić information content (AvgIpc) is 2.55. The lowest BCUT2D eigenvalue weighted by Gasteiger charge is -2.08. The summed E-state index contributed by atoms with van der Waals surface area (Å²) >= 11 is 0. The fourth-order valence-corrected chi connectivity index (χ4v) is 2.09. The van der Waals surface area contributed by atoms with Crippen LogP contribution in [0.2, 0.25) is 0 Å². The maximum absolute atomic E-state index is 12.0. The second-order valence-corrected chi connectivity index (χ2v) is 5.08. The van der Waals surface area contributed by atoms with Gasteiger partial charge in [-0.25, -0.2) is 0 Å². The van der Waals surface area contributed by atoms with Crippen molar-refractivity contribution in [2.75, 3.05) is 11.9 Å². The van der Waals surface area contributed by atoms with Crippen molar-refractivity contribution in [2.45, 2.75) is 13.3 Å². The van der Waals surface area contributed by atoms with Gasteiger partial charge in [-0.1, -0.05) is 30.3 Å². The van der Waals surface area contributed by atoms with Crippen molar-refractivity contribution < 1.29 is 9.59 Å². The number of carbonyl (C=O) groups excluding carboxylic acids is 2. The normalized spacial score (nSPS) is 9.74. The van der Waals surface area contributed by atoms with E-state index in [4.69, 9.17) is 5.26 Å². The highest BCUT2D eigenvalue weighted by Crippen LogP contribution is 2.10. The number of aryl methyl sites for hydroxylation is 1. The largest absolute Gasteiger partial charge is 0.343 e. The Bertz CT molecular complexity index is 746. The lowest BCUT2D eigenvalue weighted by Crippen LogP contribution is -2.33. The Kier molecular flexibility index (Phi) is 5.48. The third kappa shape index (κ3) is 4.68. The molecule has 0 atom stereocenters. The van der Waals surface area contributed by atoms with Crippen LogP contribution >= 0.6 is 0 Å². The van der Waals surface area contributed by atoms with Crippen molar-refractivity contribution >= 4 is 17.5 Å². The molecule has 0 aliphatic heterocycles. The summed E-state index contributed by atoms with van der Waals surface area (Å²) in [6.07, 6.45) is 0.334. The zero-order valence-electron chi connectivity index (χ0n) is 12.8. The van der Waals surface area contributed by atoms with Crippen molar-refractivity contribution in [1.82, 2.24) is 5.32 Å². The summed E-state index contributed by atoms with van der Waals surface area (Å²) in [5, 5.41) is 13.9. The minimum atomic E-state index is -0.306. The topological polar surface area (TPSA) is 82.0 Å². The molecule has 5 nitrogen and oxygen atoms in total. The fourth-order valence-electron chi connectivity index (χ4n) is 2.09. The van der Waals surface area contributed by atoms with E-state index in [1.54, 1.807) is 36.4 Å². The average molecular weight is 307 g/mol. The predicted octanol–water partition coefficient (Wildman–Crippen LogP) is 2.43. The van der Waals surface area contributed by atoms with E-state index < -0.39 is 0 Å². The van der Waals surface area contributed by atoms with Gasteiger partial charge in [0.15, 0.2) is 0 Å². The molecule has 2 N–H and O–H groups in total. The minimum absolute atomic E-state index is 0.104. The van der Waals surface area contributed by atoms with Crippen LogP contribution in [0.25, 0.3) is 0 Å². The molecule has 0 bridgehead atoms. The SMILES string of the molecule is Cc1ccccc1C(=O)NCC(=O)Nc1ccc(CC#N)cc1. The highest BCUT2D eigenvalue weighted by Gasteiger charge is 2.10. The molecule has 0 saturated carbocycles. The number of carbonyl (C=O) groups is 2. The molecular weight excluding hydrogens is 290 g/mol. The smallest absolute Gasteiger partial charge is 0.251 e. The fraction of sp³-hybridized carbons (Fsp3) is 0.167. The molecule has 0 aromatic heterocycles. The summed E-state index contributed by atoms with van der Waals surface area (Å²) in [5.74, 6) is -0.581. The maximum Gasteiger partial charge on any atom is 0.251 e. The molecule has 0 radical (unpaired) electrons. The molecule has 0 aliphatic rings. The number of nitriles is 1. The number of benzene rings is 2. The molecule has 5 heteroatoms. The number of hydrogen-bond acceptors (Lipinski definition) is 3. The Morgan fingerprint density at radius 1 is 1.09 bits per heavy atom. The first-order chi connectivity index (χ1) is 11.1. The Morgan fingerprint density at radius 3 is 2.43 bits per heavy atom. The summed E-state index contributed by atoms with van der Waals surface area (Å²) < 4.78 is 0. The third-order valence-electron chi connectivity index (χ3n) is 3.32. The molecule has 0 fully saturated rings. The van der Waals surface area contributed by atoms with E-state index in [-0.39, 0.29) is 18.4 Å². The van der Waals surface area contributed by atoms with Gasteiger partial charge in [-0.05, 0) is 36.2 Å². The quantitative estimate of drug-likeness (QED) is 0.890. The van der Waals surface area contributed by atoms with Crippen LogP contribution in [0.5, 0.6) is 0 Å². The van der Waals surface area contributed by atoms with Crippen LogP contribution in [0.15, 0.2) is 48.5 Å². The molecule has 2 rings (SSSR count). The molecule has 0 saturated heterocycles. The summed E-state index contributed by atoms with van der Waals surface area (Å²) in [4.78, 5) is 23.9. The van der Waals surface area contributed by atoms with Crippen LogP contribution in [0.3, 0.4) is 0 Å². The van der Waals surface area contributed by atoms with Crippen molar-refractivity contribution in [3.05, 3.63) is 65.2 Å². The minimum Gasteiger partial charge on any atom is -0.343 e. The van der Waals surface area contributed by atoms with Gasteiger partial charge in [0.25, 0.3) is 5.91 Å². The maximum atomic E-state index is 12.0. The van der Waals surface area contributed by atoms with E-state index in [1.807, 2.05) is 19.1 Å². The standard InChI is InChI=1S/C18H17N3O2/c1-13-4-2-3-5-16(13)18(23)20-12-17(22)21-15-8-6-14(7-9-15)10-11-19/h2-9H,10,12H2,1H3,(H,20,23)(H,21,22). The van der Waals surface area contributed by atoms with E-state index in [2.05, 4.69) is 16.7 Å². The Balaban J connectivity index is 1.87. The van der Waals surface area contributed by atoms with Gasteiger partial charge in [-0.15, -0.1) is 0 Å². The van der Waals surface area contributed by atoms with Gasteiger partial charge in [0.1, 0.15) is 0 Å². The molecule has 0 spiro atoms. The van der Waals surface area contributed by atoms with Gasteiger partial charge in [0.05, 0.1) is 19.0 Å². The molecule has 0 heterocycles. The zero-order valence-corrected chi connectivity index (χ0v) is 12.8. The van der Waals surface area contributed by atoms with E-state index in [0.717, 1.165) is 11.1 Å². The van der Waals surface area contributed by atoms with Crippen molar-refractivity contribution in [3.63, 3.8) is 0 Å². The van der Waals surface area contributed by atoms with Crippen LogP contribution in [-0.2, 0) is 11.2 Å². The van der Waals surface area contributed by atoms with Crippen molar-refractivity contribution in [1.29, 1.82) is 5.26 Å². The lowest BCUT2D eigenvalue weighted by atomic mass is 10.1. The number of anilines is 1. The van der Waals surface area contributed by atoms with Gasteiger partial charge >= 0.3 is 0 Å². The summed E-state index contributed by atoms with van der Waals surface area (Å²) in [5.41, 5.74) is 2.93. The second-order valence-electron chi connectivity index (χ2n) is 5.08. The molecule has 0 unspecified atom stereocenters. The highest BCUT2D eigenvalue weighted by molar-refractivity contribution is 6.00. The Hall–Kier alpha value is -3.13. The van der Waals surface area contributed by atoms with Gasteiger partial charge in [-0.3, -0.25) is 9.59 Å². The number of nitrogens with zero attached hydrogens (tertiary/aromatic N) is 1. The van der Waals surface area contributed by atoms with Crippen LogP contribution in [0, 0.1) is 18.3 Å². The summed E-state index contributed by atoms with van der Waals surface area (Å²) in [6, 6.07) is 16.3. The van der Waals surface area contributed by atoms with Gasteiger partial charge < -0.3 is 10.6 Å². The number of nitrogens with one attached hydrogen (secondary N) is 2. The molecular formula is C18H17N3O2. The van der Waals surface area contributed by atoms with E-state index in [0.29, 0.717) is 17.7 Å². The van der Waals surface area contributed by atoms with Crippen molar-refractivity contribution in [2.24, 2.45) is 0 Å². The molecule has 0 aliphatic carbocycles.